The molecule has 3 heteroatoms. The zero-order valence-corrected chi connectivity index (χ0v) is 15.7. The Morgan fingerprint density at radius 2 is 2.12 bits per heavy atom. The maximum atomic E-state index is 10.6. The molecule has 3 rings (SSSR count). The van der Waals surface area contributed by atoms with E-state index in [1.807, 2.05) is 13.0 Å². The van der Waals surface area contributed by atoms with Crippen LogP contribution in [0.4, 0.5) is 0 Å². The Kier molecular flexibility index (Phi) is 6.06. The molecule has 1 aromatic carbocycles. The summed E-state index contributed by atoms with van der Waals surface area (Å²) >= 11 is 0. The zero-order valence-electron chi connectivity index (χ0n) is 15.7. The van der Waals surface area contributed by atoms with Crippen LogP contribution in [0.1, 0.15) is 70.8 Å². The van der Waals surface area contributed by atoms with Crippen molar-refractivity contribution in [3.63, 3.8) is 0 Å². The number of hydrogen-bond acceptors (Lipinski definition) is 3. The third kappa shape index (κ3) is 4.78. The van der Waals surface area contributed by atoms with E-state index in [0.717, 1.165) is 50.0 Å². The van der Waals surface area contributed by atoms with Crippen LogP contribution < -0.4 is 9.47 Å². The van der Waals surface area contributed by atoms with Gasteiger partial charge in [0, 0.05) is 0 Å². The summed E-state index contributed by atoms with van der Waals surface area (Å²) in [5.74, 6) is 2.19. The van der Waals surface area contributed by atoms with Crippen molar-refractivity contribution >= 4 is 0 Å². The molecule has 0 amide bonds. The summed E-state index contributed by atoms with van der Waals surface area (Å²) in [7, 11) is 0. The van der Waals surface area contributed by atoms with Gasteiger partial charge >= 0.3 is 0 Å². The van der Waals surface area contributed by atoms with Gasteiger partial charge in [0.05, 0.1) is 5.60 Å². The van der Waals surface area contributed by atoms with E-state index in [4.69, 9.17) is 9.47 Å². The van der Waals surface area contributed by atoms with E-state index in [1.54, 1.807) is 0 Å². The Morgan fingerprint density at radius 1 is 1.28 bits per heavy atom. The Bertz CT molecular complexity index is 603. The lowest BCUT2D eigenvalue weighted by Crippen LogP contribution is -2.37. The molecule has 0 radical (unpaired) electrons. The van der Waals surface area contributed by atoms with Crippen LogP contribution in [0.5, 0.6) is 11.5 Å². The molecule has 0 aromatic heterocycles. The molecule has 2 atom stereocenters. The predicted molar refractivity (Wildman–Crippen MR) is 101 cm³/mol. The van der Waals surface area contributed by atoms with Crippen molar-refractivity contribution in [3.8, 4) is 11.5 Å². The van der Waals surface area contributed by atoms with Crippen LogP contribution in [0, 0.1) is 5.92 Å². The van der Waals surface area contributed by atoms with Crippen LogP contribution in [-0.4, -0.2) is 17.5 Å². The fraction of sp³-hybridized carbons (Fsp3) is 0.636. The van der Waals surface area contributed by atoms with E-state index in [2.05, 4.69) is 25.1 Å². The first-order chi connectivity index (χ1) is 12.1. The lowest BCUT2D eigenvalue weighted by molar-refractivity contribution is -0.0347. The predicted octanol–water partition coefficient (Wildman–Crippen LogP) is 5.41. The Hall–Kier alpha value is -1.48. The first-order valence-corrected chi connectivity index (χ1v) is 9.87. The molecule has 3 nitrogen and oxygen atoms in total. The lowest BCUT2D eigenvalue weighted by Gasteiger charge is -2.37. The number of aryl methyl sites for hydroxylation is 1. The molecule has 1 heterocycles. The lowest BCUT2D eigenvalue weighted by atomic mass is 9.74. The minimum atomic E-state index is -0.455. The van der Waals surface area contributed by atoms with Gasteiger partial charge in [-0.2, -0.15) is 0 Å². The van der Waals surface area contributed by atoms with Gasteiger partial charge in [0.1, 0.15) is 0 Å². The Balaban J connectivity index is 1.49. The van der Waals surface area contributed by atoms with Gasteiger partial charge in [-0.15, -0.1) is 0 Å². The Morgan fingerprint density at radius 3 is 2.92 bits per heavy atom. The standard InChI is InChI=1S/C22H32O3/c1-3-17(10-12-19-9-4-5-14-22(19,2)23)7-6-8-18-11-13-20-21(15-18)25-16-24-20/h7,11,13,15,19,23H,3-6,8-10,12,14,16H2,1-2H3. The SMILES string of the molecule is CCC(=CCCc1ccc2c(c1)OCO2)CCC1CCCCC1(C)O. The molecule has 2 unspecified atom stereocenters. The molecule has 0 spiro atoms. The quantitative estimate of drug-likeness (QED) is 0.673. The number of aliphatic hydroxyl groups is 1. The number of benzene rings is 1. The van der Waals surface area contributed by atoms with Crippen molar-refractivity contribution in [2.45, 2.75) is 77.2 Å². The van der Waals surface area contributed by atoms with E-state index in [-0.39, 0.29) is 0 Å². The highest BCUT2D eigenvalue weighted by Crippen LogP contribution is 2.37. The van der Waals surface area contributed by atoms with Crippen molar-refractivity contribution in [1.29, 1.82) is 0 Å². The normalized spacial score (nSPS) is 26.0. The summed E-state index contributed by atoms with van der Waals surface area (Å²) in [4.78, 5) is 0. The molecular weight excluding hydrogens is 312 g/mol. The van der Waals surface area contributed by atoms with Gasteiger partial charge < -0.3 is 14.6 Å². The molecule has 1 N–H and O–H groups in total. The summed E-state index contributed by atoms with van der Waals surface area (Å²) in [5.41, 5.74) is 2.37. The Labute approximate surface area is 152 Å². The van der Waals surface area contributed by atoms with Crippen molar-refractivity contribution in [3.05, 3.63) is 35.4 Å². The molecular formula is C22H32O3. The smallest absolute Gasteiger partial charge is 0.231 e. The molecule has 1 saturated carbocycles. The molecule has 1 aliphatic heterocycles. The van der Waals surface area contributed by atoms with Gasteiger partial charge in [0.25, 0.3) is 0 Å². The number of allylic oxidation sites excluding steroid dienone is 2. The zero-order chi connectivity index (χ0) is 17.7. The highest BCUT2D eigenvalue weighted by molar-refractivity contribution is 5.44. The van der Waals surface area contributed by atoms with Gasteiger partial charge in [0.15, 0.2) is 11.5 Å². The summed E-state index contributed by atoms with van der Waals surface area (Å²) in [5, 5.41) is 10.6. The average molecular weight is 344 g/mol. The third-order valence-corrected chi connectivity index (χ3v) is 5.94. The maximum Gasteiger partial charge on any atom is 0.231 e. The van der Waals surface area contributed by atoms with Gasteiger partial charge in [-0.25, -0.2) is 0 Å². The number of rotatable bonds is 7. The molecule has 2 aliphatic rings. The van der Waals surface area contributed by atoms with Gasteiger partial charge in [0.2, 0.25) is 6.79 Å². The van der Waals surface area contributed by atoms with E-state index in [1.165, 1.54) is 30.4 Å². The molecule has 1 fully saturated rings. The van der Waals surface area contributed by atoms with Crippen LogP contribution in [-0.2, 0) is 6.42 Å². The van der Waals surface area contributed by atoms with Crippen molar-refractivity contribution in [1.82, 2.24) is 0 Å². The first-order valence-electron chi connectivity index (χ1n) is 9.87. The summed E-state index contributed by atoms with van der Waals surface area (Å²) in [6.45, 7) is 4.61. The fourth-order valence-electron chi connectivity index (χ4n) is 4.17. The van der Waals surface area contributed by atoms with E-state index >= 15 is 0 Å². The molecule has 1 aliphatic carbocycles. The number of ether oxygens (including phenoxy) is 2. The van der Waals surface area contributed by atoms with E-state index in [0.29, 0.717) is 12.7 Å². The molecule has 0 saturated heterocycles. The third-order valence-electron chi connectivity index (χ3n) is 5.94. The topological polar surface area (TPSA) is 38.7 Å². The van der Waals surface area contributed by atoms with Crippen LogP contribution in [0.15, 0.2) is 29.8 Å². The molecule has 25 heavy (non-hydrogen) atoms. The van der Waals surface area contributed by atoms with Crippen molar-refractivity contribution in [2.24, 2.45) is 5.92 Å². The fourth-order valence-corrected chi connectivity index (χ4v) is 4.17. The van der Waals surface area contributed by atoms with Crippen LogP contribution >= 0.6 is 0 Å². The van der Waals surface area contributed by atoms with Crippen LogP contribution in [0.25, 0.3) is 0 Å². The van der Waals surface area contributed by atoms with Crippen molar-refractivity contribution < 1.29 is 14.6 Å². The molecule has 138 valence electrons. The van der Waals surface area contributed by atoms with E-state index < -0.39 is 5.60 Å². The monoisotopic (exact) mass is 344 g/mol. The molecule has 0 bridgehead atoms. The van der Waals surface area contributed by atoms with Crippen LogP contribution in [0.2, 0.25) is 0 Å². The first kappa shape index (κ1) is 18.3. The second-order valence-electron chi connectivity index (χ2n) is 7.78. The van der Waals surface area contributed by atoms with Crippen LogP contribution in [0.3, 0.4) is 0 Å². The minimum Gasteiger partial charge on any atom is -0.454 e. The van der Waals surface area contributed by atoms with E-state index in [9.17, 15) is 5.11 Å². The minimum absolute atomic E-state index is 0.337. The highest BCUT2D eigenvalue weighted by Gasteiger charge is 2.33. The summed E-state index contributed by atoms with van der Waals surface area (Å²) in [6, 6.07) is 6.24. The van der Waals surface area contributed by atoms with Gasteiger partial charge in [-0.1, -0.05) is 37.5 Å². The second kappa shape index (κ2) is 8.27. The van der Waals surface area contributed by atoms with Gasteiger partial charge in [-0.3, -0.25) is 0 Å². The number of hydrogen-bond donors (Lipinski definition) is 1. The maximum absolute atomic E-state index is 10.6. The van der Waals surface area contributed by atoms with Crippen molar-refractivity contribution in [2.75, 3.05) is 6.79 Å². The summed E-state index contributed by atoms with van der Waals surface area (Å²) < 4.78 is 10.8. The highest BCUT2D eigenvalue weighted by atomic mass is 16.7. The van der Waals surface area contributed by atoms with Gasteiger partial charge in [-0.05, 0) is 75.5 Å². The number of fused-ring (bicyclic) bond motifs is 1. The largest absolute Gasteiger partial charge is 0.454 e. The second-order valence-corrected chi connectivity index (χ2v) is 7.78. The summed E-state index contributed by atoms with van der Waals surface area (Å²) in [6.07, 6.45) is 12.4. The average Bonchev–Trinajstić information content (AvgIpc) is 3.06. The molecule has 1 aromatic rings.